The second kappa shape index (κ2) is 5.65. The highest BCUT2D eigenvalue weighted by molar-refractivity contribution is 4.89. The van der Waals surface area contributed by atoms with Gasteiger partial charge in [-0.15, -0.1) is 0 Å². The minimum absolute atomic E-state index is 0.762. The number of ether oxygens (including phenoxy) is 1. The summed E-state index contributed by atoms with van der Waals surface area (Å²) in [6.07, 6.45) is 4.14. The first-order valence-corrected chi connectivity index (χ1v) is 7.19. The Labute approximate surface area is 104 Å². The molecule has 4 heteroatoms. The van der Waals surface area contributed by atoms with Crippen LogP contribution < -0.4 is 5.32 Å². The van der Waals surface area contributed by atoms with E-state index >= 15 is 0 Å². The fourth-order valence-corrected chi connectivity index (χ4v) is 3.42. The van der Waals surface area contributed by atoms with Crippen LogP contribution >= 0.6 is 0 Å². The van der Waals surface area contributed by atoms with Crippen molar-refractivity contribution >= 4 is 0 Å². The van der Waals surface area contributed by atoms with Gasteiger partial charge in [0.1, 0.15) is 0 Å². The van der Waals surface area contributed by atoms with Crippen LogP contribution in [0.25, 0.3) is 0 Å². The summed E-state index contributed by atoms with van der Waals surface area (Å²) in [5.74, 6) is 0. The Morgan fingerprint density at radius 1 is 1.06 bits per heavy atom. The Morgan fingerprint density at radius 2 is 1.94 bits per heavy atom. The fourth-order valence-electron chi connectivity index (χ4n) is 3.42. The minimum Gasteiger partial charge on any atom is -0.379 e. The molecule has 4 aliphatic rings. The van der Waals surface area contributed by atoms with Gasteiger partial charge in [0, 0.05) is 44.8 Å². The number of nitrogens with one attached hydrogen (secondary N) is 1. The van der Waals surface area contributed by atoms with E-state index in [9.17, 15) is 0 Å². The van der Waals surface area contributed by atoms with E-state index in [-0.39, 0.29) is 0 Å². The monoisotopic (exact) mass is 239 g/mol. The SMILES string of the molecule is C1CC2CCC(CN2CCN2CCOCC2)N1. The molecule has 1 N–H and O–H groups in total. The lowest BCUT2D eigenvalue weighted by Crippen LogP contribution is -2.49. The summed E-state index contributed by atoms with van der Waals surface area (Å²) >= 11 is 0. The largest absolute Gasteiger partial charge is 0.379 e. The minimum atomic E-state index is 0.762. The fraction of sp³-hybridized carbons (Fsp3) is 1.00. The van der Waals surface area contributed by atoms with E-state index in [0.29, 0.717) is 0 Å². The Hall–Kier alpha value is -0.160. The zero-order valence-corrected chi connectivity index (χ0v) is 10.7. The highest BCUT2D eigenvalue weighted by Crippen LogP contribution is 2.22. The first-order chi connectivity index (χ1) is 8.42. The van der Waals surface area contributed by atoms with E-state index in [2.05, 4.69) is 15.1 Å². The molecule has 4 saturated heterocycles. The van der Waals surface area contributed by atoms with Crippen molar-refractivity contribution in [1.82, 2.24) is 15.1 Å². The molecule has 4 rings (SSSR count). The second-order valence-corrected chi connectivity index (χ2v) is 5.62. The van der Waals surface area contributed by atoms with Crippen LogP contribution in [0.15, 0.2) is 0 Å². The Morgan fingerprint density at radius 3 is 2.82 bits per heavy atom. The standard InChI is InChI=1S/C13H25N3O/c1-2-13-3-4-14-12(1)11-16(13)6-5-15-7-9-17-10-8-15/h12-14H,1-11H2. The van der Waals surface area contributed by atoms with E-state index in [1.165, 1.54) is 45.4 Å². The lowest BCUT2D eigenvalue weighted by atomic mass is 9.99. The van der Waals surface area contributed by atoms with Gasteiger partial charge in [0.25, 0.3) is 0 Å². The highest BCUT2D eigenvalue weighted by Gasteiger charge is 2.30. The first-order valence-electron chi connectivity index (χ1n) is 7.19. The molecule has 0 amide bonds. The number of morpholine rings is 1. The van der Waals surface area contributed by atoms with Crippen LogP contribution in [0.2, 0.25) is 0 Å². The topological polar surface area (TPSA) is 27.7 Å². The summed E-state index contributed by atoms with van der Waals surface area (Å²) in [5.41, 5.74) is 0. The lowest BCUT2D eigenvalue weighted by Gasteiger charge is -2.38. The van der Waals surface area contributed by atoms with E-state index in [1.807, 2.05) is 0 Å². The number of hydrogen-bond acceptors (Lipinski definition) is 4. The van der Waals surface area contributed by atoms with E-state index < -0.39 is 0 Å². The van der Waals surface area contributed by atoms with E-state index in [1.54, 1.807) is 0 Å². The highest BCUT2D eigenvalue weighted by atomic mass is 16.5. The Balaban J connectivity index is 1.47. The van der Waals surface area contributed by atoms with Crippen molar-refractivity contribution in [2.75, 3.05) is 52.5 Å². The molecule has 2 bridgehead atoms. The third kappa shape index (κ3) is 2.99. The zero-order chi connectivity index (χ0) is 11.5. The summed E-state index contributed by atoms with van der Waals surface area (Å²) in [6.45, 7) is 9.08. The van der Waals surface area contributed by atoms with Gasteiger partial charge < -0.3 is 10.1 Å². The maximum atomic E-state index is 5.40. The second-order valence-electron chi connectivity index (χ2n) is 5.62. The van der Waals surface area contributed by atoms with Gasteiger partial charge >= 0.3 is 0 Å². The summed E-state index contributed by atoms with van der Waals surface area (Å²) in [7, 11) is 0. The molecule has 4 aliphatic heterocycles. The van der Waals surface area contributed by atoms with E-state index in [4.69, 9.17) is 4.74 Å². The average Bonchev–Trinajstić information content (AvgIpc) is 2.72. The van der Waals surface area contributed by atoms with Gasteiger partial charge in [-0.3, -0.25) is 9.80 Å². The first kappa shape index (κ1) is 11.9. The number of fused-ring (bicyclic) bond motifs is 4. The molecule has 98 valence electrons. The van der Waals surface area contributed by atoms with Gasteiger partial charge in [0.05, 0.1) is 13.2 Å². The maximum absolute atomic E-state index is 5.40. The van der Waals surface area contributed by atoms with Gasteiger partial charge in [-0.25, -0.2) is 0 Å². The Bertz CT molecular complexity index is 239. The van der Waals surface area contributed by atoms with Crippen molar-refractivity contribution < 1.29 is 4.74 Å². The maximum Gasteiger partial charge on any atom is 0.0594 e. The molecule has 0 aromatic heterocycles. The van der Waals surface area contributed by atoms with Gasteiger partial charge in [0.2, 0.25) is 0 Å². The molecular weight excluding hydrogens is 214 g/mol. The molecule has 4 nitrogen and oxygen atoms in total. The zero-order valence-electron chi connectivity index (χ0n) is 10.7. The summed E-state index contributed by atoms with van der Waals surface area (Å²) in [6, 6.07) is 1.61. The Kier molecular flexibility index (Phi) is 3.96. The molecule has 0 saturated carbocycles. The predicted molar refractivity (Wildman–Crippen MR) is 68.3 cm³/mol. The molecule has 0 aliphatic carbocycles. The van der Waals surface area contributed by atoms with Crippen molar-refractivity contribution in [2.45, 2.75) is 31.3 Å². The van der Waals surface area contributed by atoms with Crippen molar-refractivity contribution in [3.8, 4) is 0 Å². The third-order valence-electron chi connectivity index (χ3n) is 4.54. The van der Waals surface area contributed by atoms with Crippen LogP contribution in [0.1, 0.15) is 19.3 Å². The molecular formula is C13H25N3O. The van der Waals surface area contributed by atoms with Crippen molar-refractivity contribution in [2.24, 2.45) is 0 Å². The van der Waals surface area contributed by atoms with Crippen molar-refractivity contribution in [1.29, 1.82) is 0 Å². The van der Waals surface area contributed by atoms with Crippen LogP contribution in [-0.4, -0.2) is 74.4 Å². The van der Waals surface area contributed by atoms with Crippen LogP contribution in [0.5, 0.6) is 0 Å². The molecule has 2 unspecified atom stereocenters. The van der Waals surface area contributed by atoms with Gasteiger partial charge in [-0.1, -0.05) is 0 Å². The molecule has 0 aromatic rings. The van der Waals surface area contributed by atoms with Crippen molar-refractivity contribution in [3.05, 3.63) is 0 Å². The predicted octanol–water partition coefficient (Wildman–Crippen LogP) is 0.145. The molecule has 0 aromatic carbocycles. The number of piperidine rings is 1. The number of nitrogens with zero attached hydrogens (tertiary/aromatic N) is 2. The van der Waals surface area contributed by atoms with Crippen molar-refractivity contribution in [3.63, 3.8) is 0 Å². The summed E-state index contributed by atoms with van der Waals surface area (Å²) in [4.78, 5) is 5.28. The molecule has 4 heterocycles. The summed E-state index contributed by atoms with van der Waals surface area (Å²) in [5, 5.41) is 3.67. The summed E-state index contributed by atoms with van der Waals surface area (Å²) < 4.78 is 5.40. The van der Waals surface area contributed by atoms with Gasteiger partial charge in [-0.05, 0) is 25.8 Å². The van der Waals surface area contributed by atoms with Crippen LogP contribution in [-0.2, 0) is 4.74 Å². The molecule has 2 atom stereocenters. The van der Waals surface area contributed by atoms with Gasteiger partial charge in [0.15, 0.2) is 0 Å². The average molecular weight is 239 g/mol. The molecule has 4 fully saturated rings. The molecule has 17 heavy (non-hydrogen) atoms. The quantitative estimate of drug-likeness (QED) is 0.758. The molecule has 0 spiro atoms. The van der Waals surface area contributed by atoms with Crippen LogP contribution in [0.4, 0.5) is 0 Å². The van der Waals surface area contributed by atoms with Gasteiger partial charge in [-0.2, -0.15) is 0 Å². The smallest absolute Gasteiger partial charge is 0.0594 e. The van der Waals surface area contributed by atoms with E-state index in [0.717, 1.165) is 38.4 Å². The number of rotatable bonds is 3. The molecule has 0 radical (unpaired) electrons. The third-order valence-corrected chi connectivity index (χ3v) is 4.54. The van der Waals surface area contributed by atoms with Crippen LogP contribution in [0, 0.1) is 0 Å². The lowest BCUT2D eigenvalue weighted by molar-refractivity contribution is 0.0281. The number of hydrogen-bond donors (Lipinski definition) is 1. The van der Waals surface area contributed by atoms with Crippen LogP contribution in [0.3, 0.4) is 0 Å². The normalized spacial score (nSPS) is 36.0.